The first kappa shape index (κ1) is 18.7. The van der Waals surface area contributed by atoms with E-state index in [1.807, 2.05) is 19.9 Å². The van der Waals surface area contributed by atoms with Crippen LogP contribution < -0.4 is 5.32 Å². The van der Waals surface area contributed by atoms with E-state index >= 15 is 0 Å². The van der Waals surface area contributed by atoms with Crippen molar-refractivity contribution in [1.82, 2.24) is 0 Å². The van der Waals surface area contributed by atoms with Gasteiger partial charge in [0, 0.05) is 23.7 Å². The molecule has 2 atom stereocenters. The van der Waals surface area contributed by atoms with Gasteiger partial charge in [-0.05, 0) is 31.2 Å². The predicted molar refractivity (Wildman–Crippen MR) is 87.9 cm³/mol. The van der Waals surface area contributed by atoms with Crippen molar-refractivity contribution in [1.29, 1.82) is 0 Å². The molecule has 2 unspecified atom stereocenters. The van der Waals surface area contributed by atoms with Gasteiger partial charge in [-0.15, -0.1) is 0 Å². The number of aliphatic hydroxyl groups excluding tert-OH is 1. The molecule has 0 spiro atoms. The molecule has 1 aromatic rings. The number of hydrogen-bond acceptors (Lipinski definition) is 3. The average molecular weight is 362 g/mol. The highest BCUT2D eigenvalue weighted by Gasteiger charge is 2.33. The van der Waals surface area contributed by atoms with E-state index in [1.165, 1.54) is 12.1 Å². The molecule has 0 fully saturated rings. The smallest absolute Gasteiger partial charge is 0.417 e. The molecular weight excluding hydrogens is 343 g/mol. The number of nitrogens with one attached hydrogen (secondary N) is 1. The van der Waals surface area contributed by atoms with Gasteiger partial charge in [-0.2, -0.15) is 13.2 Å². The first-order chi connectivity index (χ1) is 11.2. The van der Waals surface area contributed by atoms with Crippen LogP contribution in [0.3, 0.4) is 0 Å². The van der Waals surface area contributed by atoms with Gasteiger partial charge >= 0.3 is 6.18 Å². The second-order valence-electron chi connectivity index (χ2n) is 5.53. The molecule has 0 aromatic heterocycles. The number of halogens is 4. The van der Waals surface area contributed by atoms with Crippen LogP contribution in [-0.4, -0.2) is 24.4 Å². The fourth-order valence-corrected chi connectivity index (χ4v) is 2.68. The topological polar surface area (TPSA) is 41.5 Å². The summed E-state index contributed by atoms with van der Waals surface area (Å²) in [6.45, 7) is 4.28. The summed E-state index contributed by atoms with van der Waals surface area (Å²) in [5, 5.41) is 12.9. The number of allylic oxidation sites excluding steroid dienone is 1. The molecule has 7 heteroatoms. The van der Waals surface area contributed by atoms with Crippen LogP contribution in [0.1, 0.15) is 19.4 Å². The zero-order chi connectivity index (χ0) is 17.9. The van der Waals surface area contributed by atoms with Gasteiger partial charge in [0.1, 0.15) is 5.76 Å². The lowest BCUT2D eigenvalue weighted by atomic mass is 9.91. The Morgan fingerprint density at radius 1 is 1.33 bits per heavy atom. The monoisotopic (exact) mass is 361 g/mol. The summed E-state index contributed by atoms with van der Waals surface area (Å²) in [4.78, 5) is 0. The molecular formula is C17H19ClF3NO2. The van der Waals surface area contributed by atoms with E-state index in [-0.39, 0.29) is 23.2 Å². The number of anilines is 1. The van der Waals surface area contributed by atoms with Gasteiger partial charge in [0.05, 0.1) is 23.3 Å². The van der Waals surface area contributed by atoms with Gasteiger partial charge in [0.15, 0.2) is 0 Å². The molecule has 0 saturated heterocycles. The van der Waals surface area contributed by atoms with Crippen molar-refractivity contribution in [2.75, 3.05) is 18.5 Å². The van der Waals surface area contributed by atoms with E-state index in [2.05, 4.69) is 5.32 Å². The van der Waals surface area contributed by atoms with Crippen molar-refractivity contribution < 1.29 is 23.0 Å². The van der Waals surface area contributed by atoms with Crippen LogP contribution in [0.5, 0.6) is 0 Å². The lowest BCUT2D eigenvalue weighted by molar-refractivity contribution is -0.137. The zero-order valence-corrected chi connectivity index (χ0v) is 14.1. The van der Waals surface area contributed by atoms with Crippen molar-refractivity contribution in [2.24, 2.45) is 5.92 Å². The Morgan fingerprint density at radius 2 is 2.04 bits per heavy atom. The second kappa shape index (κ2) is 7.49. The Labute approximate surface area is 143 Å². The number of alkyl halides is 3. The summed E-state index contributed by atoms with van der Waals surface area (Å²) >= 11 is 5.61. The summed E-state index contributed by atoms with van der Waals surface area (Å²) in [5.74, 6) is 0.447. The van der Waals surface area contributed by atoms with Crippen LogP contribution in [0, 0.1) is 5.92 Å². The highest BCUT2D eigenvalue weighted by atomic mass is 35.5. The maximum atomic E-state index is 12.9. The van der Waals surface area contributed by atoms with Gasteiger partial charge < -0.3 is 15.2 Å². The van der Waals surface area contributed by atoms with Crippen molar-refractivity contribution in [3.8, 4) is 0 Å². The van der Waals surface area contributed by atoms with Crippen LogP contribution in [0.4, 0.5) is 18.9 Å². The summed E-state index contributed by atoms with van der Waals surface area (Å²) in [6.07, 6.45) is -1.66. The second-order valence-corrected chi connectivity index (χ2v) is 5.94. The molecule has 0 amide bonds. The minimum Gasteiger partial charge on any atom is -0.494 e. The van der Waals surface area contributed by atoms with Gasteiger partial charge in [-0.25, -0.2) is 0 Å². The summed E-state index contributed by atoms with van der Waals surface area (Å²) in [7, 11) is 0. The van der Waals surface area contributed by atoms with E-state index in [1.54, 1.807) is 6.08 Å². The Morgan fingerprint density at radius 3 is 2.67 bits per heavy atom. The van der Waals surface area contributed by atoms with E-state index in [0.717, 1.165) is 6.07 Å². The third-order valence-corrected chi connectivity index (χ3v) is 4.11. The lowest BCUT2D eigenvalue weighted by Crippen LogP contribution is -2.28. The van der Waals surface area contributed by atoms with Gasteiger partial charge in [0.2, 0.25) is 0 Å². The predicted octanol–water partition coefficient (Wildman–Crippen LogP) is 4.63. The SMILES string of the molecule is CCOC1=C(CNc2ccc(Cl)c(C(F)(F)F)c2)C(O)C(C)C=C1. The molecule has 0 bridgehead atoms. The van der Waals surface area contributed by atoms with Gasteiger partial charge in [0.25, 0.3) is 0 Å². The van der Waals surface area contributed by atoms with Gasteiger partial charge in [-0.3, -0.25) is 0 Å². The number of aliphatic hydroxyl groups is 1. The highest BCUT2D eigenvalue weighted by Crippen LogP contribution is 2.36. The van der Waals surface area contributed by atoms with Crippen molar-refractivity contribution >= 4 is 17.3 Å². The molecule has 1 aliphatic rings. The molecule has 0 radical (unpaired) electrons. The summed E-state index contributed by atoms with van der Waals surface area (Å²) in [6, 6.07) is 3.62. The van der Waals surface area contributed by atoms with Crippen molar-refractivity contribution in [2.45, 2.75) is 26.1 Å². The molecule has 0 heterocycles. The van der Waals surface area contributed by atoms with Crippen LogP contribution in [0.15, 0.2) is 41.7 Å². The number of rotatable bonds is 5. The van der Waals surface area contributed by atoms with Crippen LogP contribution >= 0.6 is 11.6 Å². The Balaban J connectivity index is 2.21. The third kappa shape index (κ3) is 4.24. The van der Waals surface area contributed by atoms with Crippen molar-refractivity contribution in [3.05, 3.63) is 52.3 Å². The number of benzene rings is 1. The first-order valence-electron chi connectivity index (χ1n) is 7.56. The summed E-state index contributed by atoms with van der Waals surface area (Å²) < 4.78 is 44.2. The molecule has 0 saturated carbocycles. The molecule has 1 aliphatic carbocycles. The van der Waals surface area contributed by atoms with E-state index in [9.17, 15) is 18.3 Å². The summed E-state index contributed by atoms with van der Waals surface area (Å²) in [5.41, 5.74) is -0.0227. The third-order valence-electron chi connectivity index (χ3n) is 3.78. The lowest BCUT2D eigenvalue weighted by Gasteiger charge is -2.26. The molecule has 3 nitrogen and oxygen atoms in total. The molecule has 0 aliphatic heterocycles. The van der Waals surface area contributed by atoms with E-state index in [0.29, 0.717) is 17.9 Å². The maximum Gasteiger partial charge on any atom is 0.417 e. The van der Waals surface area contributed by atoms with Crippen LogP contribution in [0.25, 0.3) is 0 Å². The Bertz CT molecular complexity index is 656. The molecule has 24 heavy (non-hydrogen) atoms. The first-order valence-corrected chi connectivity index (χ1v) is 7.94. The fourth-order valence-electron chi connectivity index (χ4n) is 2.45. The largest absolute Gasteiger partial charge is 0.494 e. The molecule has 1 aromatic carbocycles. The molecule has 2 rings (SSSR count). The Kier molecular flexibility index (Phi) is 5.83. The minimum atomic E-state index is -4.52. The quantitative estimate of drug-likeness (QED) is 0.803. The minimum absolute atomic E-state index is 0.0954. The van der Waals surface area contributed by atoms with Crippen molar-refractivity contribution in [3.63, 3.8) is 0 Å². The standard InChI is InChI=1S/C17H19ClF3NO2/c1-3-24-15-7-4-10(2)16(23)12(15)9-22-11-5-6-14(18)13(8-11)17(19,20)21/h4-8,10,16,22-23H,3,9H2,1-2H3. The Hall–Kier alpha value is -1.66. The molecule has 132 valence electrons. The maximum absolute atomic E-state index is 12.9. The number of ether oxygens (including phenoxy) is 1. The van der Waals surface area contributed by atoms with Crippen LogP contribution in [0.2, 0.25) is 5.02 Å². The highest BCUT2D eigenvalue weighted by molar-refractivity contribution is 6.31. The fraction of sp³-hybridized carbons (Fsp3) is 0.412. The average Bonchev–Trinajstić information content (AvgIpc) is 2.51. The molecule has 2 N–H and O–H groups in total. The van der Waals surface area contributed by atoms with Crippen LogP contribution in [-0.2, 0) is 10.9 Å². The zero-order valence-electron chi connectivity index (χ0n) is 13.3. The normalized spacial score (nSPS) is 21.1. The number of hydrogen-bond donors (Lipinski definition) is 2. The van der Waals surface area contributed by atoms with E-state index < -0.39 is 17.8 Å². The van der Waals surface area contributed by atoms with Gasteiger partial charge in [-0.1, -0.05) is 24.6 Å². The van der Waals surface area contributed by atoms with E-state index in [4.69, 9.17) is 16.3 Å².